The lowest BCUT2D eigenvalue weighted by Crippen LogP contribution is -2.20. The third-order valence-electron chi connectivity index (χ3n) is 3.24. The standard InChI is InChI=1S/C16H18N2O3/c1-18-16(20)9-8-11-4-2-6-13-12(11)5-3-7-14(13)21-10-15(17)19/h2-7H,8-10H2,1H3,(H2,17,19)(H,18,20). The van der Waals surface area contributed by atoms with Gasteiger partial charge in [-0.3, -0.25) is 9.59 Å². The van der Waals surface area contributed by atoms with Crippen LogP contribution in [0.2, 0.25) is 0 Å². The van der Waals surface area contributed by atoms with Crippen LogP contribution < -0.4 is 15.8 Å². The second kappa shape index (κ2) is 6.74. The van der Waals surface area contributed by atoms with Crippen LogP contribution >= 0.6 is 0 Å². The van der Waals surface area contributed by atoms with Crippen molar-refractivity contribution in [2.45, 2.75) is 12.8 Å². The minimum atomic E-state index is -0.511. The monoisotopic (exact) mass is 286 g/mol. The highest BCUT2D eigenvalue weighted by Crippen LogP contribution is 2.28. The predicted molar refractivity (Wildman–Crippen MR) is 81.0 cm³/mol. The van der Waals surface area contributed by atoms with E-state index < -0.39 is 5.91 Å². The van der Waals surface area contributed by atoms with E-state index in [2.05, 4.69) is 5.32 Å². The van der Waals surface area contributed by atoms with Gasteiger partial charge in [-0.05, 0) is 23.4 Å². The first kappa shape index (κ1) is 14.8. The quantitative estimate of drug-likeness (QED) is 0.841. The molecule has 2 aromatic carbocycles. The molecule has 110 valence electrons. The van der Waals surface area contributed by atoms with Crippen LogP contribution in [0.25, 0.3) is 10.8 Å². The normalized spacial score (nSPS) is 10.3. The number of primary amides is 1. The summed E-state index contributed by atoms with van der Waals surface area (Å²) in [7, 11) is 1.63. The van der Waals surface area contributed by atoms with Crippen LogP contribution in [0.4, 0.5) is 0 Å². The molecule has 0 aliphatic rings. The molecule has 0 bridgehead atoms. The number of fused-ring (bicyclic) bond motifs is 1. The lowest BCUT2D eigenvalue weighted by molar-refractivity contribution is -0.121. The highest BCUT2D eigenvalue weighted by atomic mass is 16.5. The Bertz CT molecular complexity index is 668. The zero-order valence-corrected chi connectivity index (χ0v) is 11.9. The lowest BCUT2D eigenvalue weighted by atomic mass is 10.00. The summed E-state index contributed by atoms with van der Waals surface area (Å²) in [5, 5.41) is 4.54. The maximum atomic E-state index is 11.4. The van der Waals surface area contributed by atoms with Gasteiger partial charge in [-0.15, -0.1) is 0 Å². The van der Waals surface area contributed by atoms with Crippen molar-refractivity contribution in [1.82, 2.24) is 5.32 Å². The Morgan fingerprint density at radius 1 is 1.14 bits per heavy atom. The van der Waals surface area contributed by atoms with Crippen molar-refractivity contribution in [1.29, 1.82) is 0 Å². The van der Waals surface area contributed by atoms with Crippen LogP contribution in [-0.2, 0) is 16.0 Å². The van der Waals surface area contributed by atoms with Gasteiger partial charge in [0.25, 0.3) is 5.91 Å². The number of ether oxygens (including phenoxy) is 1. The third-order valence-corrected chi connectivity index (χ3v) is 3.24. The van der Waals surface area contributed by atoms with E-state index in [0.29, 0.717) is 18.6 Å². The van der Waals surface area contributed by atoms with Gasteiger partial charge in [0.2, 0.25) is 5.91 Å². The van der Waals surface area contributed by atoms with Gasteiger partial charge in [0.15, 0.2) is 6.61 Å². The van der Waals surface area contributed by atoms with Crippen LogP contribution in [0.1, 0.15) is 12.0 Å². The van der Waals surface area contributed by atoms with E-state index in [0.717, 1.165) is 16.3 Å². The summed E-state index contributed by atoms with van der Waals surface area (Å²) < 4.78 is 5.43. The summed E-state index contributed by atoms with van der Waals surface area (Å²) in [6.45, 7) is -0.151. The average molecular weight is 286 g/mol. The first-order valence-corrected chi connectivity index (χ1v) is 6.74. The Kier molecular flexibility index (Phi) is 4.77. The largest absolute Gasteiger partial charge is 0.483 e. The van der Waals surface area contributed by atoms with Crippen molar-refractivity contribution in [3.63, 3.8) is 0 Å². The number of amides is 2. The fraction of sp³-hybridized carbons (Fsp3) is 0.250. The number of benzene rings is 2. The van der Waals surface area contributed by atoms with E-state index in [1.54, 1.807) is 13.1 Å². The van der Waals surface area contributed by atoms with Crippen molar-refractivity contribution in [2.75, 3.05) is 13.7 Å². The van der Waals surface area contributed by atoms with E-state index in [1.807, 2.05) is 30.3 Å². The van der Waals surface area contributed by atoms with Crippen molar-refractivity contribution in [3.8, 4) is 5.75 Å². The molecule has 2 aromatic rings. The molecular formula is C16H18N2O3. The number of rotatable bonds is 6. The van der Waals surface area contributed by atoms with Gasteiger partial charge in [-0.1, -0.05) is 30.3 Å². The van der Waals surface area contributed by atoms with E-state index >= 15 is 0 Å². The molecule has 0 aromatic heterocycles. The minimum absolute atomic E-state index is 0.00753. The zero-order chi connectivity index (χ0) is 15.2. The van der Waals surface area contributed by atoms with E-state index in [1.165, 1.54) is 0 Å². The Balaban J connectivity index is 2.30. The molecule has 0 saturated carbocycles. The predicted octanol–water partition coefficient (Wildman–Crippen LogP) is 1.38. The molecule has 0 aliphatic carbocycles. The molecule has 5 heteroatoms. The van der Waals surface area contributed by atoms with Crippen molar-refractivity contribution in [3.05, 3.63) is 42.0 Å². The summed E-state index contributed by atoms with van der Waals surface area (Å²) in [6.07, 6.45) is 1.08. The number of carbonyl (C=O) groups excluding carboxylic acids is 2. The topological polar surface area (TPSA) is 81.4 Å². The van der Waals surface area contributed by atoms with Crippen molar-refractivity contribution >= 4 is 22.6 Å². The molecule has 0 spiro atoms. The molecule has 2 rings (SSSR count). The smallest absolute Gasteiger partial charge is 0.255 e. The average Bonchev–Trinajstić information content (AvgIpc) is 2.50. The first-order chi connectivity index (χ1) is 10.1. The van der Waals surface area contributed by atoms with Crippen molar-refractivity contribution in [2.24, 2.45) is 5.73 Å². The van der Waals surface area contributed by atoms with Crippen LogP contribution in [-0.4, -0.2) is 25.5 Å². The van der Waals surface area contributed by atoms with Gasteiger partial charge in [0.05, 0.1) is 0 Å². The second-order valence-electron chi connectivity index (χ2n) is 4.70. The Labute approximate surface area is 123 Å². The molecule has 0 unspecified atom stereocenters. The highest BCUT2D eigenvalue weighted by Gasteiger charge is 2.08. The molecule has 0 aliphatic heterocycles. The molecule has 0 saturated heterocycles. The summed E-state index contributed by atoms with van der Waals surface area (Å²) in [4.78, 5) is 22.2. The highest BCUT2D eigenvalue weighted by molar-refractivity contribution is 5.91. The Morgan fingerprint density at radius 2 is 1.86 bits per heavy atom. The minimum Gasteiger partial charge on any atom is -0.483 e. The zero-order valence-electron chi connectivity index (χ0n) is 11.9. The van der Waals surface area contributed by atoms with E-state index in [9.17, 15) is 9.59 Å². The van der Waals surface area contributed by atoms with Crippen LogP contribution in [0.5, 0.6) is 5.75 Å². The van der Waals surface area contributed by atoms with Crippen LogP contribution in [0, 0.1) is 0 Å². The molecular weight excluding hydrogens is 268 g/mol. The van der Waals surface area contributed by atoms with E-state index in [4.69, 9.17) is 10.5 Å². The number of carbonyl (C=O) groups is 2. The molecule has 0 heterocycles. The van der Waals surface area contributed by atoms with Gasteiger partial charge in [-0.25, -0.2) is 0 Å². The number of nitrogens with two attached hydrogens (primary N) is 1. The lowest BCUT2D eigenvalue weighted by Gasteiger charge is -2.11. The molecule has 0 radical (unpaired) electrons. The maximum Gasteiger partial charge on any atom is 0.255 e. The molecule has 0 fully saturated rings. The molecule has 5 nitrogen and oxygen atoms in total. The molecule has 2 amide bonds. The van der Waals surface area contributed by atoms with Crippen LogP contribution in [0.15, 0.2) is 36.4 Å². The molecule has 0 atom stereocenters. The number of nitrogens with one attached hydrogen (secondary N) is 1. The fourth-order valence-electron chi connectivity index (χ4n) is 2.21. The maximum absolute atomic E-state index is 11.4. The summed E-state index contributed by atoms with van der Waals surface area (Å²) in [5.41, 5.74) is 6.17. The Hall–Kier alpha value is -2.56. The van der Waals surface area contributed by atoms with Crippen molar-refractivity contribution < 1.29 is 14.3 Å². The van der Waals surface area contributed by atoms with Gasteiger partial charge in [0.1, 0.15) is 5.75 Å². The van der Waals surface area contributed by atoms with Crippen LogP contribution in [0.3, 0.4) is 0 Å². The van der Waals surface area contributed by atoms with Gasteiger partial charge in [-0.2, -0.15) is 0 Å². The van der Waals surface area contributed by atoms with E-state index in [-0.39, 0.29) is 12.5 Å². The summed E-state index contributed by atoms with van der Waals surface area (Å²) in [5.74, 6) is 0.115. The molecule has 21 heavy (non-hydrogen) atoms. The van der Waals surface area contributed by atoms with Gasteiger partial charge < -0.3 is 15.8 Å². The van der Waals surface area contributed by atoms with Gasteiger partial charge >= 0.3 is 0 Å². The third kappa shape index (κ3) is 3.72. The summed E-state index contributed by atoms with van der Waals surface area (Å²) in [6, 6.07) is 11.5. The van der Waals surface area contributed by atoms with Gasteiger partial charge in [0, 0.05) is 18.9 Å². The Morgan fingerprint density at radius 3 is 2.57 bits per heavy atom. The summed E-state index contributed by atoms with van der Waals surface area (Å²) >= 11 is 0. The number of aryl methyl sites for hydroxylation is 1. The second-order valence-corrected chi connectivity index (χ2v) is 4.70. The number of hydrogen-bond acceptors (Lipinski definition) is 3. The molecule has 3 N–H and O–H groups in total. The number of hydrogen-bond donors (Lipinski definition) is 2. The SMILES string of the molecule is CNC(=O)CCc1cccc2c(OCC(N)=O)cccc12. The fourth-order valence-corrected chi connectivity index (χ4v) is 2.21. The first-order valence-electron chi connectivity index (χ1n) is 6.74.